The molecule has 1 N–H and O–H groups in total. The van der Waals surface area contributed by atoms with Gasteiger partial charge in [0, 0.05) is 0 Å². The van der Waals surface area contributed by atoms with Crippen LogP contribution in [0.2, 0.25) is 0 Å². The first-order valence-corrected chi connectivity index (χ1v) is 4.11. The fourth-order valence-corrected chi connectivity index (χ4v) is 0.873. The lowest BCUT2D eigenvalue weighted by Crippen LogP contribution is -2.01. The molecule has 0 saturated heterocycles. The summed E-state index contributed by atoms with van der Waals surface area (Å²) in [5.41, 5.74) is 0. The molecule has 64 valence electrons. The molecule has 0 fully saturated rings. The molecule has 0 aromatic heterocycles. The lowest BCUT2D eigenvalue weighted by Gasteiger charge is -2.02. The molecule has 0 unspecified atom stereocenters. The summed E-state index contributed by atoms with van der Waals surface area (Å²) >= 11 is 0. The highest BCUT2D eigenvalue weighted by molar-refractivity contribution is 5.64. The Kier molecular flexibility index (Phi) is 7.05. The molecular formula is C9H16O2. The first-order chi connectivity index (χ1) is 5.31. The summed E-state index contributed by atoms with van der Waals surface area (Å²) < 4.78 is 0. The topological polar surface area (TPSA) is 37.3 Å². The van der Waals surface area contributed by atoms with Gasteiger partial charge in [0.2, 0.25) is 0 Å². The van der Waals surface area contributed by atoms with E-state index >= 15 is 0 Å². The number of carbonyl (C=O) groups excluding carboxylic acids is 1. The quantitative estimate of drug-likeness (QED) is 0.361. The molecule has 2 nitrogen and oxygen atoms in total. The molecule has 11 heavy (non-hydrogen) atoms. The van der Waals surface area contributed by atoms with Crippen molar-refractivity contribution < 1.29 is 9.90 Å². The fourth-order valence-electron chi connectivity index (χ4n) is 0.873. The summed E-state index contributed by atoms with van der Waals surface area (Å²) in [7, 11) is 0. The van der Waals surface area contributed by atoms with Crippen LogP contribution < -0.4 is 0 Å². The number of rotatable bonds is 6. The average molecular weight is 156 g/mol. The van der Waals surface area contributed by atoms with Crippen molar-refractivity contribution in [1.29, 1.82) is 0 Å². The van der Waals surface area contributed by atoms with Crippen molar-refractivity contribution in [1.82, 2.24) is 0 Å². The van der Waals surface area contributed by atoms with Crippen LogP contribution in [0.25, 0.3) is 0 Å². The number of aldehydes is 1. The van der Waals surface area contributed by atoms with Crippen molar-refractivity contribution in [2.24, 2.45) is 0 Å². The molecular weight excluding hydrogens is 140 g/mol. The Morgan fingerprint density at radius 1 is 1.45 bits per heavy atom. The number of allylic oxidation sites excluding steroid dienone is 1. The third-order valence-corrected chi connectivity index (χ3v) is 1.52. The molecule has 0 bridgehead atoms. The maximum atomic E-state index is 9.84. The number of hydrogen-bond donors (Lipinski definition) is 1. The average Bonchev–Trinajstić information content (AvgIpc) is 2.01. The van der Waals surface area contributed by atoms with E-state index in [0.29, 0.717) is 6.29 Å². The summed E-state index contributed by atoms with van der Waals surface area (Å²) in [6.45, 7) is 2.12. The van der Waals surface area contributed by atoms with Crippen LogP contribution in [-0.4, -0.2) is 17.5 Å². The second-order valence-electron chi connectivity index (χ2n) is 2.58. The Morgan fingerprint density at radius 3 is 2.73 bits per heavy atom. The second-order valence-corrected chi connectivity index (χ2v) is 2.58. The predicted molar refractivity (Wildman–Crippen MR) is 45.4 cm³/mol. The Morgan fingerprint density at radius 2 is 2.18 bits per heavy atom. The summed E-state index contributed by atoms with van der Waals surface area (Å²) in [5.74, 6) is 0. The van der Waals surface area contributed by atoms with Crippen LogP contribution in [0.1, 0.15) is 32.6 Å². The third kappa shape index (κ3) is 7.26. The zero-order chi connectivity index (χ0) is 8.53. The molecule has 0 radical (unpaired) electrons. The van der Waals surface area contributed by atoms with E-state index in [0.717, 1.165) is 25.7 Å². The van der Waals surface area contributed by atoms with E-state index < -0.39 is 6.10 Å². The highest BCUT2D eigenvalue weighted by atomic mass is 16.3. The first-order valence-electron chi connectivity index (χ1n) is 4.11. The van der Waals surface area contributed by atoms with Gasteiger partial charge in [0.05, 0.1) is 6.10 Å². The zero-order valence-corrected chi connectivity index (χ0v) is 6.99. The van der Waals surface area contributed by atoms with Crippen molar-refractivity contribution in [3.8, 4) is 0 Å². The highest BCUT2D eigenvalue weighted by Crippen LogP contribution is 2.03. The van der Waals surface area contributed by atoms with Crippen LogP contribution in [0.3, 0.4) is 0 Å². The van der Waals surface area contributed by atoms with Gasteiger partial charge in [-0.1, -0.05) is 32.3 Å². The minimum atomic E-state index is -0.438. The molecule has 0 spiro atoms. The van der Waals surface area contributed by atoms with E-state index in [1.165, 1.54) is 12.2 Å². The van der Waals surface area contributed by atoms with Gasteiger partial charge in [0.15, 0.2) is 0 Å². The van der Waals surface area contributed by atoms with Gasteiger partial charge in [-0.2, -0.15) is 0 Å². The summed E-state index contributed by atoms with van der Waals surface area (Å²) in [4.78, 5) is 9.84. The number of unbranched alkanes of at least 4 members (excludes halogenated alkanes) is 2. The summed E-state index contributed by atoms with van der Waals surface area (Å²) in [6.07, 6.45) is 7.21. The van der Waals surface area contributed by atoms with Gasteiger partial charge in [-0.25, -0.2) is 0 Å². The second kappa shape index (κ2) is 7.48. The maximum absolute atomic E-state index is 9.84. The summed E-state index contributed by atoms with van der Waals surface area (Å²) in [5, 5.41) is 9.16. The normalized spacial score (nSPS) is 13.6. The van der Waals surface area contributed by atoms with E-state index in [4.69, 9.17) is 5.11 Å². The van der Waals surface area contributed by atoms with Crippen LogP contribution in [-0.2, 0) is 4.79 Å². The van der Waals surface area contributed by atoms with Crippen molar-refractivity contribution in [2.45, 2.75) is 38.7 Å². The predicted octanol–water partition coefficient (Wildman–Crippen LogP) is 1.68. The molecule has 0 aliphatic heterocycles. The first kappa shape index (κ1) is 10.4. The molecule has 0 aliphatic rings. The minimum absolute atomic E-state index is 0.438. The standard InChI is InChI=1S/C9H16O2/c1-2-3-4-6-9(11)7-5-8-10/h5,7-9,11H,2-4,6H2,1H3/b7-5-/t9-/m0/s1. The van der Waals surface area contributed by atoms with E-state index in [1.54, 1.807) is 0 Å². The Balaban J connectivity index is 3.28. The van der Waals surface area contributed by atoms with Gasteiger partial charge in [-0.15, -0.1) is 0 Å². The van der Waals surface area contributed by atoms with Gasteiger partial charge in [0.1, 0.15) is 6.29 Å². The molecule has 0 rings (SSSR count). The van der Waals surface area contributed by atoms with Crippen molar-refractivity contribution >= 4 is 6.29 Å². The monoisotopic (exact) mass is 156 g/mol. The SMILES string of the molecule is CCCCC[C@H](O)/C=C\C=O. The lowest BCUT2D eigenvalue weighted by atomic mass is 10.1. The van der Waals surface area contributed by atoms with Gasteiger partial charge >= 0.3 is 0 Å². The number of aliphatic hydroxyl groups excluding tert-OH is 1. The minimum Gasteiger partial charge on any atom is -0.389 e. The Hall–Kier alpha value is -0.630. The smallest absolute Gasteiger partial charge is 0.142 e. The zero-order valence-electron chi connectivity index (χ0n) is 6.99. The van der Waals surface area contributed by atoms with Gasteiger partial charge in [0.25, 0.3) is 0 Å². The van der Waals surface area contributed by atoms with Crippen molar-refractivity contribution in [2.75, 3.05) is 0 Å². The van der Waals surface area contributed by atoms with E-state index in [2.05, 4.69) is 6.92 Å². The lowest BCUT2D eigenvalue weighted by molar-refractivity contribution is -0.104. The van der Waals surface area contributed by atoms with Gasteiger partial charge < -0.3 is 5.11 Å². The van der Waals surface area contributed by atoms with Crippen LogP contribution in [0.15, 0.2) is 12.2 Å². The molecule has 0 amide bonds. The number of hydrogen-bond acceptors (Lipinski definition) is 2. The maximum Gasteiger partial charge on any atom is 0.142 e. The molecule has 0 aromatic carbocycles. The van der Waals surface area contributed by atoms with Crippen LogP contribution in [0.4, 0.5) is 0 Å². The Bertz CT molecular complexity index is 119. The van der Waals surface area contributed by atoms with E-state index in [-0.39, 0.29) is 0 Å². The number of aliphatic hydroxyl groups is 1. The van der Waals surface area contributed by atoms with Crippen LogP contribution in [0, 0.1) is 0 Å². The molecule has 0 aromatic rings. The molecule has 1 atom stereocenters. The molecule has 0 saturated carbocycles. The van der Waals surface area contributed by atoms with Crippen LogP contribution in [0.5, 0.6) is 0 Å². The largest absolute Gasteiger partial charge is 0.389 e. The number of carbonyl (C=O) groups is 1. The molecule has 0 heterocycles. The van der Waals surface area contributed by atoms with E-state index in [1.807, 2.05) is 0 Å². The Labute approximate surface area is 67.9 Å². The third-order valence-electron chi connectivity index (χ3n) is 1.52. The van der Waals surface area contributed by atoms with Gasteiger partial charge in [-0.05, 0) is 12.5 Å². The fraction of sp³-hybridized carbons (Fsp3) is 0.667. The summed E-state index contributed by atoms with van der Waals surface area (Å²) in [6, 6.07) is 0. The highest BCUT2D eigenvalue weighted by Gasteiger charge is 1.96. The molecule has 0 aliphatic carbocycles. The van der Waals surface area contributed by atoms with E-state index in [9.17, 15) is 4.79 Å². The van der Waals surface area contributed by atoms with Crippen molar-refractivity contribution in [3.63, 3.8) is 0 Å². The van der Waals surface area contributed by atoms with Crippen molar-refractivity contribution in [3.05, 3.63) is 12.2 Å². The molecule has 2 heteroatoms. The van der Waals surface area contributed by atoms with Crippen LogP contribution >= 0.6 is 0 Å². The van der Waals surface area contributed by atoms with Gasteiger partial charge in [-0.3, -0.25) is 4.79 Å².